The van der Waals surface area contributed by atoms with Crippen LogP contribution in [0.3, 0.4) is 0 Å². The van der Waals surface area contributed by atoms with Crippen molar-refractivity contribution in [3.8, 4) is 0 Å². The van der Waals surface area contributed by atoms with Gasteiger partial charge in [0.2, 0.25) is 29.5 Å². The van der Waals surface area contributed by atoms with Crippen LogP contribution in [0.2, 0.25) is 0 Å². The molecule has 0 aliphatic carbocycles. The Hall–Kier alpha value is -2.77. The minimum Gasteiger partial charge on any atom is -0.356 e. The van der Waals surface area contributed by atoms with E-state index >= 15 is 0 Å². The molecule has 0 heterocycles. The van der Waals surface area contributed by atoms with Crippen molar-refractivity contribution in [3.63, 3.8) is 0 Å². The van der Waals surface area contributed by atoms with Crippen LogP contribution in [0.25, 0.3) is 0 Å². The van der Waals surface area contributed by atoms with Crippen molar-refractivity contribution in [2.75, 3.05) is 91.6 Å². The Morgan fingerprint density at radius 3 is 0.486 bits per heavy atom. The second kappa shape index (κ2) is 86.8. The van der Waals surface area contributed by atoms with Crippen LogP contribution < -0.4 is 26.6 Å². The second-order valence-electron chi connectivity index (χ2n) is 32.5. The van der Waals surface area contributed by atoms with Crippen molar-refractivity contribution >= 4 is 29.5 Å². The van der Waals surface area contributed by atoms with Crippen molar-refractivity contribution in [1.82, 2.24) is 41.3 Å². The van der Waals surface area contributed by atoms with Gasteiger partial charge in [0.1, 0.15) is 0 Å². The molecular formula is C92H184N8O5. The van der Waals surface area contributed by atoms with Crippen LogP contribution in [0.5, 0.6) is 0 Å². The number of rotatable bonds is 89. The van der Waals surface area contributed by atoms with E-state index in [-0.39, 0.29) is 29.5 Å². The molecule has 0 fully saturated rings. The molecule has 0 aliphatic rings. The zero-order valence-electron chi connectivity index (χ0n) is 71.4. The van der Waals surface area contributed by atoms with Gasteiger partial charge in [-0.15, -0.1) is 0 Å². The summed E-state index contributed by atoms with van der Waals surface area (Å²) in [5.74, 6) is 0.514. The molecule has 5 N–H and O–H groups in total. The van der Waals surface area contributed by atoms with Crippen molar-refractivity contribution < 1.29 is 24.0 Å². The summed E-state index contributed by atoms with van der Waals surface area (Å²) in [6, 6.07) is 0. The number of carbonyl (C=O) groups is 5. The fourth-order valence-corrected chi connectivity index (χ4v) is 14.8. The summed E-state index contributed by atoms with van der Waals surface area (Å²) in [4.78, 5) is 74.3. The van der Waals surface area contributed by atoms with Gasteiger partial charge in [-0.3, -0.25) is 24.0 Å². The van der Waals surface area contributed by atoms with Gasteiger partial charge in [0.15, 0.2) is 0 Å². The topological polar surface area (TPSA) is 155 Å². The molecule has 622 valence electrons. The third kappa shape index (κ3) is 82.0. The summed E-state index contributed by atoms with van der Waals surface area (Å²) in [6.45, 7) is 21.2. The van der Waals surface area contributed by atoms with E-state index < -0.39 is 0 Å². The molecule has 13 nitrogen and oxygen atoms in total. The third-order valence-corrected chi connectivity index (χ3v) is 22.2. The standard InChI is InChI=1S/C92H184N8O5/c1-6-11-16-21-26-31-36-41-46-51-56-63-74-93-88(101)69-62-61-68-79-98(80-70-89(102)94-75-64-57-52-47-42-37-32-27-22-17-12-7-2)84-86-100(83-73-92(105)97-78-67-60-55-50-45-40-35-30-25-20-15-10-5)87-85-99(81-71-90(103)95-76-65-58-53-48-43-38-33-28-23-18-13-8-3)82-72-91(104)96-77-66-59-54-49-44-39-34-29-24-19-14-9-4/h6-87H2,1-5H3,(H,93,101)(H,94,102)(H,95,103)(H,96,104)(H,97,105). The first kappa shape index (κ1) is 102. The number of carbonyl (C=O) groups excluding carboxylic acids is 5. The molecule has 0 rings (SSSR count). The Morgan fingerprint density at radius 2 is 0.295 bits per heavy atom. The lowest BCUT2D eigenvalue weighted by atomic mass is 10.1. The van der Waals surface area contributed by atoms with E-state index in [0.29, 0.717) is 91.0 Å². The van der Waals surface area contributed by atoms with E-state index in [0.717, 1.165) is 110 Å². The number of unbranched alkanes of at least 4 members (excludes halogenated alkanes) is 57. The van der Waals surface area contributed by atoms with Crippen molar-refractivity contribution in [2.45, 2.75) is 471 Å². The fraction of sp³-hybridized carbons (Fsp3) is 0.946. The summed E-state index contributed by atoms with van der Waals surface area (Å²) in [7, 11) is 0. The lowest BCUT2D eigenvalue weighted by Gasteiger charge is -2.30. The minimum atomic E-state index is 0.0744. The summed E-state index contributed by atoms with van der Waals surface area (Å²) in [5.41, 5.74) is 0. The molecule has 0 saturated heterocycles. The SMILES string of the molecule is CCCCCCCCCCCCCCNC(=O)CCCCCN(CCC(=O)NCCCCCCCCCCCCCC)CCN(CCC(=O)NCCCCCCCCCCCCCC)CCN(CCC(=O)NCCCCCCCCCCCCCC)CCC(=O)NCCCCCCCCCCCCCC. The Balaban J connectivity index is 6.06. The van der Waals surface area contributed by atoms with E-state index in [2.05, 4.69) is 75.9 Å². The molecule has 5 amide bonds. The van der Waals surface area contributed by atoms with Crippen LogP contribution in [0.1, 0.15) is 471 Å². The largest absolute Gasteiger partial charge is 0.356 e. The van der Waals surface area contributed by atoms with Crippen molar-refractivity contribution in [3.05, 3.63) is 0 Å². The molecule has 0 spiro atoms. The van der Waals surface area contributed by atoms with Crippen LogP contribution in [-0.4, -0.2) is 136 Å². The van der Waals surface area contributed by atoms with Gasteiger partial charge in [0.05, 0.1) is 0 Å². The smallest absolute Gasteiger partial charge is 0.221 e. The highest BCUT2D eigenvalue weighted by molar-refractivity contribution is 5.77. The van der Waals surface area contributed by atoms with Gasteiger partial charge in [-0.1, -0.05) is 394 Å². The number of nitrogens with one attached hydrogen (secondary N) is 5. The highest BCUT2D eigenvalue weighted by atomic mass is 16.2. The highest BCUT2D eigenvalue weighted by Crippen LogP contribution is 2.18. The normalized spacial score (nSPS) is 11.6. The predicted octanol–water partition coefficient (Wildman–Crippen LogP) is 24.1. The monoisotopic (exact) mass is 1480 g/mol. The van der Waals surface area contributed by atoms with E-state index in [1.54, 1.807) is 0 Å². The molecule has 0 atom stereocenters. The zero-order chi connectivity index (χ0) is 76.1. The van der Waals surface area contributed by atoms with Crippen LogP contribution >= 0.6 is 0 Å². The first-order chi connectivity index (χ1) is 51.7. The van der Waals surface area contributed by atoms with Crippen molar-refractivity contribution in [2.24, 2.45) is 0 Å². The highest BCUT2D eigenvalue weighted by Gasteiger charge is 2.18. The van der Waals surface area contributed by atoms with E-state index in [1.165, 1.54) is 327 Å². The first-order valence-electron chi connectivity index (χ1n) is 47.2. The third-order valence-electron chi connectivity index (χ3n) is 22.2. The fourth-order valence-electron chi connectivity index (χ4n) is 14.8. The molecule has 0 aromatic carbocycles. The van der Waals surface area contributed by atoms with Crippen molar-refractivity contribution in [1.29, 1.82) is 0 Å². The molecule has 0 aliphatic heterocycles. The number of nitrogens with zero attached hydrogens (tertiary/aromatic N) is 3. The Labute approximate surface area is 654 Å². The van der Waals surface area contributed by atoms with E-state index in [1.807, 2.05) is 0 Å². The maximum atomic E-state index is 13.7. The van der Waals surface area contributed by atoms with E-state index in [9.17, 15) is 24.0 Å². The van der Waals surface area contributed by atoms with Gasteiger partial charge in [-0.25, -0.2) is 0 Å². The van der Waals surface area contributed by atoms with Gasteiger partial charge in [0.25, 0.3) is 0 Å². The Morgan fingerprint density at radius 1 is 0.152 bits per heavy atom. The molecule has 0 unspecified atom stereocenters. The zero-order valence-corrected chi connectivity index (χ0v) is 71.4. The molecule has 0 aromatic heterocycles. The average molecular weight is 1480 g/mol. The van der Waals surface area contributed by atoms with Gasteiger partial charge >= 0.3 is 0 Å². The second-order valence-corrected chi connectivity index (χ2v) is 32.5. The average Bonchev–Trinajstić information content (AvgIpc) is 1.03. The summed E-state index contributed by atoms with van der Waals surface area (Å²) in [6.07, 6.45) is 82.6. The number of hydrogen-bond acceptors (Lipinski definition) is 8. The molecule has 0 bridgehead atoms. The van der Waals surface area contributed by atoms with Gasteiger partial charge in [-0.2, -0.15) is 0 Å². The quantitative estimate of drug-likeness (QED) is 0.0377. The predicted molar refractivity (Wildman–Crippen MR) is 457 cm³/mol. The molecule has 0 saturated carbocycles. The van der Waals surface area contributed by atoms with Gasteiger partial charge < -0.3 is 41.3 Å². The minimum absolute atomic E-state index is 0.0744. The summed E-state index contributed by atoms with van der Waals surface area (Å²) < 4.78 is 0. The maximum Gasteiger partial charge on any atom is 0.221 e. The first-order valence-corrected chi connectivity index (χ1v) is 47.2. The lowest BCUT2D eigenvalue weighted by Crippen LogP contribution is -2.43. The Kier molecular flexibility index (Phi) is 84.5. The molecule has 0 aromatic rings. The maximum absolute atomic E-state index is 13.7. The van der Waals surface area contributed by atoms with Gasteiger partial charge in [-0.05, 0) is 51.5 Å². The Bertz CT molecular complexity index is 1760. The van der Waals surface area contributed by atoms with Gasteiger partial charge in [0, 0.05) is 117 Å². The van der Waals surface area contributed by atoms with Crippen LogP contribution in [0, 0.1) is 0 Å². The summed E-state index contributed by atoms with van der Waals surface area (Å²) in [5, 5.41) is 16.2. The number of amides is 5. The summed E-state index contributed by atoms with van der Waals surface area (Å²) >= 11 is 0. The van der Waals surface area contributed by atoms with E-state index in [4.69, 9.17) is 0 Å². The number of hydrogen-bond donors (Lipinski definition) is 5. The molecular weight excluding hydrogens is 1300 g/mol. The molecule has 13 heteroatoms. The van der Waals surface area contributed by atoms with Crippen LogP contribution in [0.4, 0.5) is 0 Å². The van der Waals surface area contributed by atoms with Crippen LogP contribution in [-0.2, 0) is 24.0 Å². The lowest BCUT2D eigenvalue weighted by molar-refractivity contribution is -0.122. The van der Waals surface area contributed by atoms with Crippen LogP contribution in [0.15, 0.2) is 0 Å². The molecule has 0 radical (unpaired) electrons. The molecule has 105 heavy (non-hydrogen) atoms.